The van der Waals surface area contributed by atoms with Crippen LogP contribution in [-0.4, -0.2) is 35.3 Å². The second-order valence-corrected chi connectivity index (χ2v) is 5.93. The van der Waals surface area contributed by atoms with Gasteiger partial charge in [-0.3, -0.25) is 0 Å². The molecule has 6 nitrogen and oxygen atoms in total. The summed E-state index contributed by atoms with van der Waals surface area (Å²) in [7, 11) is 3.21. The first-order chi connectivity index (χ1) is 11.7. The molecule has 0 aliphatic heterocycles. The van der Waals surface area contributed by atoms with Crippen molar-refractivity contribution in [1.82, 2.24) is 14.9 Å². The molecule has 1 heterocycles. The first-order valence-corrected chi connectivity index (χ1v) is 8.23. The Labute approximate surface area is 145 Å². The van der Waals surface area contributed by atoms with Gasteiger partial charge in [0.2, 0.25) is 4.77 Å². The van der Waals surface area contributed by atoms with E-state index in [-0.39, 0.29) is 0 Å². The van der Waals surface area contributed by atoms with Gasteiger partial charge in [0.05, 0.1) is 14.2 Å². The van der Waals surface area contributed by atoms with Gasteiger partial charge in [-0.2, -0.15) is 14.9 Å². The Morgan fingerprint density at radius 1 is 1.29 bits per heavy atom. The van der Waals surface area contributed by atoms with Crippen LogP contribution in [0.2, 0.25) is 0 Å². The summed E-state index contributed by atoms with van der Waals surface area (Å²) in [6.07, 6.45) is 9.58. The molecule has 2 aromatic rings. The van der Waals surface area contributed by atoms with Gasteiger partial charge in [-0.15, -0.1) is 0 Å². The van der Waals surface area contributed by atoms with Gasteiger partial charge in [0.25, 0.3) is 0 Å². The van der Waals surface area contributed by atoms with Crippen LogP contribution in [0.15, 0.2) is 35.5 Å². The SMILES string of the molecule is COc1ccc(-c2n[nH]c(=S)n2/N=C\[C@H]2CC=CCC2)cc1OC. The highest BCUT2D eigenvalue weighted by Gasteiger charge is 2.13. The third-order valence-corrected chi connectivity index (χ3v) is 4.26. The summed E-state index contributed by atoms with van der Waals surface area (Å²) >= 11 is 5.31. The Morgan fingerprint density at radius 3 is 2.83 bits per heavy atom. The molecule has 1 aliphatic carbocycles. The molecule has 126 valence electrons. The number of nitrogens with zero attached hydrogens (tertiary/aromatic N) is 3. The van der Waals surface area contributed by atoms with Crippen molar-refractivity contribution < 1.29 is 9.47 Å². The van der Waals surface area contributed by atoms with Crippen molar-refractivity contribution >= 4 is 18.4 Å². The fourth-order valence-corrected chi connectivity index (χ4v) is 2.85. The summed E-state index contributed by atoms with van der Waals surface area (Å²) in [5.74, 6) is 2.38. The molecule has 0 bridgehead atoms. The number of methoxy groups -OCH3 is 2. The first kappa shape index (κ1) is 16.4. The Hall–Kier alpha value is -2.41. The molecular formula is C17H20N4O2S. The van der Waals surface area contributed by atoms with Crippen LogP contribution in [0, 0.1) is 10.7 Å². The van der Waals surface area contributed by atoms with Crippen molar-refractivity contribution in [1.29, 1.82) is 0 Å². The lowest BCUT2D eigenvalue weighted by Gasteiger charge is -2.12. The zero-order valence-corrected chi connectivity index (χ0v) is 14.5. The lowest BCUT2D eigenvalue weighted by Crippen LogP contribution is -2.05. The molecule has 0 saturated carbocycles. The summed E-state index contributed by atoms with van der Waals surface area (Å²) in [4.78, 5) is 0. The van der Waals surface area contributed by atoms with Crippen molar-refractivity contribution in [2.75, 3.05) is 14.2 Å². The molecule has 1 aromatic carbocycles. The summed E-state index contributed by atoms with van der Waals surface area (Å²) in [6, 6.07) is 5.60. The minimum Gasteiger partial charge on any atom is -0.493 e. The number of aromatic nitrogens is 3. The standard InChI is InChI=1S/C17H20N4O2S/c1-22-14-9-8-13(10-15(14)23-2)16-19-20-17(24)21(16)18-11-12-6-4-3-5-7-12/h3-4,8-12H,5-7H2,1-2H3,(H,20,24)/b18-11-/t12-/m0/s1. The van der Waals surface area contributed by atoms with Crippen LogP contribution >= 0.6 is 12.2 Å². The Kier molecular flexibility index (Phi) is 5.10. The quantitative estimate of drug-likeness (QED) is 0.509. The zero-order valence-electron chi connectivity index (χ0n) is 13.7. The molecule has 1 atom stereocenters. The van der Waals surface area contributed by atoms with Crippen LogP contribution in [-0.2, 0) is 0 Å². The van der Waals surface area contributed by atoms with E-state index in [1.165, 1.54) is 0 Å². The normalized spacial score (nSPS) is 17.3. The van der Waals surface area contributed by atoms with E-state index in [1.54, 1.807) is 18.9 Å². The highest BCUT2D eigenvalue weighted by Crippen LogP contribution is 2.31. The average Bonchev–Trinajstić information content (AvgIpc) is 3.00. The van der Waals surface area contributed by atoms with E-state index >= 15 is 0 Å². The van der Waals surface area contributed by atoms with Gasteiger partial charge in [0, 0.05) is 11.8 Å². The van der Waals surface area contributed by atoms with Gasteiger partial charge in [0.1, 0.15) is 0 Å². The third-order valence-electron chi connectivity index (χ3n) is 3.99. The fraction of sp³-hybridized carbons (Fsp3) is 0.353. The molecule has 1 N–H and O–H groups in total. The van der Waals surface area contributed by atoms with Crippen LogP contribution < -0.4 is 9.47 Å². The summed E-state index contributed by atoms with van der Waals surface area (Å²) < 4.78 is 12.7. The number of ether oxygens (including phenoxy) is 2. The molecule has 0 fully saturated rings. The Bertz CT molecular complexity index is 822. The van der Waals surface area contributed by atoms with Crippen LogP contribution in [0.3, 0.4) is 0 Å². The van der Waals surface area contributed by atoms with E-state index in [2.05, 4.69) is 27.5 Å². The van der Waals surface area contributed by atoms with E-state index in [0.29, 0.717) is 28.0 Å². The average molecular weight is 344 g/mol. The number of allylic oxidation sites excluding steroid dienone is 2. The maximum atomic E-state index is 5.36. The smallest absolute Gasteiger partial charge is 0.216 e. The van der Waals surface area contributed by atoms with E-state index in [1.807, 2.05) is 24.4 Å². The molecule has 7 heteroatoms. The highest BCUT2D eigenvalue weighted by atomic mass is 32.1. The van der Waals surface area contributed by atoms with Crippen molar-refractivity contribution in [3.8, 4) is 22.9 Å². The maximum absolute atomic E-state index is 5.36. The number of H-pyrrole nitrogens is 1. The zero-order chi connectivity index (χ0) is 16.9. The Balaban J connectivity index is 1.93. The molecule has 0 saturated heterocycles. The van der Waals surface area contributed by atoms with Gasteiger partial charge < -0.3 is 9.47 Å². The Morgan fingerprint density at radius 2 is 2.12 bits per heavy atom. The molecule has 3 rings (SSSR count). The number of nitrogens with one attached hydrogen (secondary N) is 1. The van der Waals surface area contributed by atoms with Crippen molar-refractivity contribution in [3.63, 3.8) is 0 Å². The molecule has 24 heavy (non-hydrogen) atoms. The lowest BCUT2D eigenvalue weighted by molar-refractivity contribution is 0.355. The van der Waals surface area contributed by atoms with Gasteiger partial charge in [-0.05, 0) is 55.6 Å². The summed E-state index contributed by atoms with van der Waals surface area (Å²) in [6.45, 7) is 0. The second-order valence-electron chi connectivity index (χ2n) is 5.54. The molecule has 0 amide bonds. The summed E-state index contributed by atoms with van der Waals surface area (Å²) in [5.41, 5.74) is 0.848. The van der Waals surface area contributed by atoms with Crippen LogP contribution in [0.5, 0.6) is 11.5 Å². The van der Waals surface area contributed by atoms with Crippen LogP contribution in [0.1, 0.15) is 19.3 Å². The van der Waals surface area contributed by atoms with Gasteiger partial charge in [-0.25, -0.2) is 5.10 Å². The topological polar surface area (TPSA) is 64.4 Å². The lowest BCUT2D eigenvalue weighted by atomic mass is 9.96. The molecule has 1 aliphatic rings. The molecule has 0 unspecified atom stereocenters. The van der Waals surface area contributed by atoms with E-state index < -0.39 is 0 Å². The first-order valence-electron chi connectivity index (χ1n) is 7.82. The monoisotopic (exact) mass is 344 g/mol. The highest BCUT2D eigenvalue weighted by molar-refractivity contribution is 7.71. The van der Waals surface area contributed by atoms with Gasteiger partial charge >= 0.3 is 0 Å². The molecule has 1 aromatic heterocycles. The minimum atomic E-state index is 0.435. The van der Waals surface area contributed by atoms with Crippen molar-refractivity contribution in [3.05, 3.63) is 35.1 Å². The van der Waals surface area contributed by atoms with Gasteiger partial charge in [-0.1, -0.05) is 12.2 Å². The third kappa shape index (κ3) is 3.41. The second kappa shape index (κ2) is 7.44. The fourth-order valence-electron chi connectivity index (χ4n) is 2.67. The number of hydrogen-bond donors (Lipinski definition) is 1. The summed E-state index contributed by atoms with van der Waals surface area (Å²) in [5, 5.41) is 11.7. The molecule has 0 radical (unpaired) electrons. The van der Waals surface area contributed by atoms with Crippen LogP contribution in [0.25, 0.3) is 11.4 Å². The number of rotatable bonds is 5. The number of aromatic amines is 1. The largest absolute Gasteiger partial charge is 0.493 e. The molecule has 0 spiro atoms. The van der Waals surface area contributed by atoms with E-state index in [0.717, 1.165) is 24.8 Å². The van der Waals surface area contributed by atoms with E-state index in [4.69, 9.17) is 21.7 Å². The van der Waals surface area contributed by atoms with Gasteiger partial charge in [0.15, 0.2) is 17.3 Å². The van der Waals surface area contributed by atoms with E-state index in [9.17, 15) is 0 Å². The minimum absolute atomic E-state index is 0.435. The molecular weight excluding hydrogens is 324 g/mol. The number of benzene rings is 1. The maximum Gasteiger partial charge on any atom is 0.216 e. The predicted octanol–water partition coefficient (Wildman–Crippen LogP) is 3.82. The number of hydrogen-bond acceptors (Lipinski definition) is 5. The van der Waals surface area contributed by atoms with Crippen LogP contribution in [0.4, 0.5) is 0 Å². The van der Waals surface area contributed by atoms with Crippen molar-refractivity contribution in [2.24, 2.45) is 11.0 Å². The predicted molar refractivity (Wildman–Crippen MR) is 96.3 cm³/mol. The van der Waals surface area contributed by atoms with Crippen molar-refractivity contribution in [2.45, 2.75) is 19.3 Å².